The molecule has 0 N–H and O–H groups in total. The topological polar surface area (TPSA) is 0 Å². The zero-order valence-electron chi connectivity index (χ0n) is 6.37. The second kappa shape index (κ2) is 8.05. The molecule has 60 valence electrons. The molecule has 0 aromatic heterocycles. The lowest BCUT2D eigenvalue weighted by Gasteiger charge is -1.96. The molecule has 0 saturated heterocycles. The van der Waals surface area contributed by atoms with E-state index in [0.717, 1.165) is 0 Å². The third kappa shape index (κ3) is 7.06. The van der Waals surface area contributed by atoms with Crippen LogP contribution in [-0.4, -0.2) is 0 Å². The molecular formula is C8H14BrI. The standard InChI is InChI=1S/C8H14BrI/c1-2-3-4-5-6-8(10)7-9/h7H,2-6H2,1H3/b8-7-. The summed E-state index contributed by atoms with van der Waals surface area (Å²) in [4.78, 5) is 2.01. The van der Waals surface area contributed by atoms with E-state index in [-0.39, 0.29) is 0 Å². The Bertz CT molecular complexity index is 99.4. The summed E-state index contributed by atoms with van der Waals surface area (Å²) in [6, 6.07) is 0. The third-order valence-corrected chi connectivity index (χ3v) is 3.65. The molecule has 0 aliphatic heterocycles. The van der Waals surface area contributed by atoms with Crippen molar-refractivity contribution in [3.8, 4) is 0 Å². The van der Waals surface area contributed by atoms with Gasteiger partial charge in [-0.1, -0.05) is 42.1 Å². The smallest absolute Gasteiger partial charge is 0.00250 e. The summed E-state index contributed by atoms with van der Waals surface area (Å²) < 4.78 is 1.42. The van der Waals surface area contributed by atoms with Crippen LogP contribution in [0.25, 0.3) is 0 Å². The molecule has 0 atom stereocenters. The minimum atomic E-state index is 1.24. The van der Waals surface area contributed by atoms with Crippen molar-refractivity contribution >= 4 is 38.5 Å². The highest BCUT2D eigenvalue weighted by Crippen LogP contribution is 2.17. The Morgan fingerprint density at radius 2 is 2.10 bits per heavy atom. The molecule has 0 spiro atoms. The average molecular weight is 317 g/mol. The SMILES string of the molecule is CCCCCC/C(I)=C/Br. The molecule has 0 aromatic rings. The summed E-state index contributed by atoms with van der Waals surface area (Å²) in [6.45, 7) is 2.24. The maximum Gasteiger partial charge on any atom is -0.00250 e. The minimum absolute atomic E-state index is 1.24. The van der Waals surface area contributed by atoms with Gasteiger partial charge in [0.05, 0.1) is 0 Å². The molecule has 0 aromatic carbocycles. The van der Waals surface area contributed by atoms with Gasteiger partial charge in [0.1, 0.15) is 0 Å². The molecule has 0 nitrogen and oxygen atoms in total. The fraction of sp³-hybridized carbons (Fsp3) is 0.750. The van der Waals surface area contributed by atoms with Crippen molar-refractivity contribution in [1.29, 1.82) is 0 Å². The van der Waals surface area contributed by atoms with E-state index in [1.807, 2.05) is 4.99 Å². The number of unbranched alkanes of at least 4 members (excludes halogenated alkanes) is 3. The fourth-order valence-corrected chi connectivity index (χ4v) is 1.39. The number of hydrogen-bond donors (Lipinski definition) is 0. The zero-order valence-corrected chi connectivity index (χ0v) is 10.1. The third-order valence-electron chi connectivity index (χ3n) is 1.39. The molecule has 0 aliphatic rings. The first-order valence-electron chi connectivity index (χ1n) is 3.76. The van der Waals surface area contributed by atoms with E-state index in [1.54, 1.807) is 0 Å². The van der Waals surface area contributed by atoms with Gasteiger partial charge in [-0.05, 0) is 44.0 Å². The lowest BCUT2D eigenvalue weighted by atomic mass is 10.2. The van der Waals surface area contributed by atoms with E-state index in [4.69, 9.17) is 0 Å². The van der Waals surface area contributed by atoms with E-state index in [9.17, 15) is 0 Å². The Morgan fingerprint density at radius 3 is 2.60 bits per heavy atom. The molecule has 0 fully saturated rings. The van der Waals surface area contributed by atoms with E-state index < -0.39 is 0 Å². The molecular weight excluding hydrogens is 303 g/mol. The molecule has 0 amide bonds. The van der Waals surface area contributed by atoms with Gasteiger partial charge in [0.15, 0.2) is 0 Å². The van der Waals surface area contributed by atoms with Crippen LogP contribution in [-0.2, 0) is 0 Å². The molecule has 0 radical (unpaired) electrons. The summed E-state index contributed by atoms with van der Waals surface area (Å²) in [7, 11) is 0. The van der Waals surface area contributed by atoms with Crippen LogP contribution in [0.2, 0.25) is 0 Å². The van der Waals surface area contributed by atoms with Crippen molar-refractivity contribution in [3.63, 3.8) is 0 Å². The minimum Gasteiger partial charge on any atom is -0.0654 e. The Kier molecular flexibility index (Phi) is 8.82. The molecule has 0 heterocycles. The van der Waals surface area contributed by atoms with Crippen LogP contribution in [0.1, 0.15) is 39.0 Å². The molecule has 0 saturated carbocycles. The first-order chi connectivity index (χ1) is 4.81. The van der Waals surface area contributed by atoms with Crippen molar-refractivity contribution in [1.82, 2.24) is 0 Å². The number of hydrogen-bond acceptors (Lipinski definition) is 0. The molecule has 2 heteroatoms. The second-order valence-electron chi connectivity index (χ2n) is 2.37. The normalized spacial score (nSPS) is 12.1. The van der Waals surface area contributed by atoms with E-state index in [2.05, 4.69) is 45.4 Å². The van der Waals surface area contributed by atoms with Crippen molar-refractivity contribution in [2.75, 3.05) is 0 Å². The second-order valence-corrected chi connectivity index (χ2v) is 4.21. The molecule has 0 bridgehead atoms. The predicted octanol–water partition coefficient (Wildman–Crippen LogP) is 4.63. The van der Waals surface area contributed by atoms with Crippen molar-refractivity contribution in [2.45, 2.75) is 39.0 Å². The van der Waals surface area contributed by atoms with Crippen LogP contribution in [0.3, 0.4) is 0 Å². The van der Waals surface area contributed by atoms with E-state index in [0.29, 0.717) is 0 Å². The van der Waals surface area contributed by atoms with Crippen LogP contribution < -0.4 is 0 Å². The first-order valence-corrected chi connectivity index (χ1v) is 5.75. The highest BCUT2D eigenvalue weighted by Gasteiger charge is 1.90. The summed E-state index contributed by atoms with van der Waals surface area (Å²) in [5.41, 5.74) is 0. The highest BCUT2D eigenvalue weighted by atomic mass is 127. The first kappa shape index (κ1) is 11.0. The Balaban J connectivity index is 3.04. The van der Waals surface area contributed by atoms with Crippen molar-refractivity contribution in [3.05, 3.63) is 8.57 Å². The van der Waals surface area contributed by atoms with Gasteiger partial charge in [-0.3, -0.25) is 0 Å². The molecule has 10 heavy (non-hydrogen) atoms. The Labute approximate surface area is 85.7 Å². The van der Waals surface area contributed by atoms with Crippen LogP contribution in [0.4, 0.5) is 0 Å². The van der Waals surface area contributed by atoms with Crippen molar-refractivity contribution in [2.24, 2.45) is 0 Å². The maximum atomic E-state index is 3.31. The van der Waals surface area contributed by atoms with Gasteiger partial charge in [-0.15, -0.1) is 0 Å². The van der Waals surface area contributed by atoms with Gasteiger partial charge in [0.25, 0.3) is 0 Å². The van der Waals surface area contributed by atoms with Gasteiger partial charge < -0.3 is 0 Å². The van der Waals surface area contributed by atoms with E-state index >= 15 is 0 Å². The molecule has 0 aliphatic carbocycles. The maximum absolute atomic E-state index is 3.31. The summed E-state index contributed by atoms with van der Waals surface area (Å²) in [6.07, 6.45) is 6.67. The van der Waals surface area contributed by atoms with Gasteiger partial charge in [-0.25, -0.2) is 0 Å². The van der Waals surface area contributed by atoms with Gasteiger partial charge in [0.2, 0.25) is 0 Å². The Hall–Kier alpha value is 0.950. The lowest BCUT2D eigenvalue weighted by molar-refractivity contribution is 0.674. The number of rotatable bonds is 5. The quantitative estimate of drug-likeness (QED) is 0.512. The zero-order chi connectivity index (χ0) is 7.82. The van der Waals surface area contributed by atoms with Crippen LogP contribution in [0.5, 0.6) is 0 Å². The lowest BCUT2D eigenvalue weighted by Crippen LogP contribution is -1.75. The number of halogens is 2. The number of allylic oxidation sites excluding steroid dienone is 1. The van der Waals surface area contributed by atoms with Gasteiger partial charge in [-0.2, -0.15) is 0 Å². The van der Waals surface area contributed by atoms with Crippen LogP contribution in [0, 0.1) is 0 Å². The molecule has 0 rings (SSSR count). The Morgan fingerprint density at radius 1 is 1.40 bits per heavy atom. The predicted molar refractivity (Wildman–Crippen MR) is 59.8 cm³/mol. The molecule has 0 unspecified atom stereocenters. The summed E-state index contributed by atoms with van der Waals surface area (Å²) >= 11 is 5.69. The summed E-state index contributed by atoms with van der Waals surface area (Å²) in [5, 5.41) is 0. The monoisotopic (exact) mass is 316 g/mol. The van der Waals surface area contributed by atoms with Crippen LogP contribution in [0.15, 0.2) is 8.57 Å². The van der Waals surface area contributed by atoms with E-state index in [1.165, 1.54) is 35.7 Å². The van der Waals surface area contributed by atoms with Gasteiger partial charge in [0, 0.05) is 0 Å². The average Bonchev–Trinajstić information content (AvgIpc) is 1.98. The van der Waals surface area contributed by atoms with Crippen LogP contribution >= 0.6 is 38.5 Å². The highest BCUT2D eigenvalue weighted by molar-refractivity contribution is 14.1. The largest absolute Gasteiger partial charge is 0.0654 e. The van der Waals surface area contributed by atoms with Crippen molar-refractivity contribution < 1.29 is 0 Å². The van der Waals surface area contributed by atoms with Gasteiger partial charge >= 0.3 is 0 Å². The summed E-state index contributed by atoms with van der Waals surface area (Å²) in [5.74, 6) is 0. The fourth-order valence-electron chi connectivity index (χ4n) is 0.775.